The van der Waals surface area contributed by atoms with Crippen LogP contribution in [0.4, 0.5) is 0 Å². The number of carbonyl (C=O) groups excluding carboxylic acids is 1. The van der Waals surface area contributed by atoms with Crippen LogP contribution in [0.1, 0.15) is 0 Å². The van der Waals surface area contributed by atoms with Crippen LogP contribution in [0.25, 0.3) is 0 Å². The van der Waals surface area contributed by atoms with Gasteiger partial charge in [-0.1, -0.05) is 18.2 Å². The number of amides is 1. The molecule has 0 aliphatic rings. The maximum atomic E-state index is 11.4. The molecule has 1 amide bonds. The molecule has 1 atom stereocenters. The van der Waals surface area contributed by atoms with E-state index in [0.29, 0.717) is 18.9 Å². The predicted molar refractivity (Wildman–Crippen MR) is 66.5 cm³/mol. The third-order valence-electron chi connectivity index (χ3n) is 1.98. The number of alkyl halides is 1. The highest BCUT2D eigenvalue weighted by Gasteiger charge is 2.07. The van der Waals surface area contributed by atoms with Crippen molar-refractivity contribution in [3.8, 4) is 5.75 Å². The van der Waals surface area contributed by atoms with Gasteiger partial charge in [0.05, 0.1) is 12.0 Å². The van der Waals surface area contributed by atoms with E-state index in [2.05, 4.69) is 5.32 Å². The average Bonchev–Trinajstić information content (AvgIpc) is 2.35. The topological polar surface area (TPSA) is 47.6 Å². The Balaban J connectivity index is 2.17. The van der Waals surface area contributed by atoms with E-state index in [9.17, 15) is 4.79 Å². The Labute approximate surface area is 106 Å². The highest BCUT2D eigenvalue weighted by atomic mass is 35.5. The van der Waals surface area contributed by atoms with Gasteiger partial charge in [-0.15, -0.1) is 11.6 Å². The molecule has 1 N–H and O–H groups in total. The first-order valence-corrected chi connectivity index (χ1v) is 5.73. The molecule has 0 bridgehead atoms. The van der Waals surface area contributed by atoms with Crippen LogP contribution < -0.4 is 10.1 Å². The molecular weight excluding hydrogens is 242 g/mol. The van der Waals surface area contributed by atoms with Gasteiger partial charge in [-0.2, -0.15) is 0 Å². The number of rotatable bonds is 7. The summed E-state index contributed by atoms with van der Waals surface area (Å²) in [6, 6.07) is 9.17. The molecule has 0 aliphatic heterocycles. The molecule has 1 unspecified atom stereocenters. The van der Waals surface area contributed by atoms with Crippen LogP contribution in [0, 0.1) is 0 Å². The Morgan fingerprint density at radius 2 is 2.12 bits per heavy atom. The largest absolute Gasteiger partial charge is 0.484 e. The van der Waals surface area contributed by atoms with E-state index < -0.39 is 0 Å². The van der Waals surface area contributed by atoms with Crippen LogP contribution >= 0.6 is 11.6 Å². The molecule has 0 saturated carbocycles. The molecule has 0 heterocycles. The second-order valence-corrected chi connectivity index (χ2v) is 4.08. The number of benzene rings is 1. The zero-order chi connectivity index (χ0) is 12.5. The van der Waals surface area contributed by atoms with Gasteiger partial charge in [-0.05, 0) is 12.1 Å². The van der Waals surface area contributed by atoms with Crippen LogP contribution in [-0.4, -0.2) is 38.2 Å². The maximum Gasteiger partial charge on any atom is 0.257 e. The second-order valence-electron chi connectivity index (χ2n) is 3.46. The second kappa shape index (κ2) is 7.92. The first-order chi connectivity index (χ1) is 8.22. The molecule has 0 aliphatic carbocycles. The molecule has 0 spiro atoms. The number of hydrogen-bond donors (Lipinski definition) is 1. The number of ether oxygens (including phenoxy) is 2. The van der Waals surface area contributed by atoms with Gasteiger partial charge >= 0.3 is 0 Å². The summed E-state index contributed by atoms with van der Waals surface area (Å²) in [5.74, 6) is 0.470. The zero-order valence-corrected chi connectivity index (χ0v) is 10.4. The Hall–Kier alpha value is -1.26. The number of halogens is 1. The summed E-state index contributed by atoms with van der Waals surface area (Å²) >= 11 is 5.86. The van der Waals surface area contributed by atoms with Crippen LogP contribution in [0.2, 0.25) is 0 Å². The Kier molecular flexibility index (Phi) is 6.43. The van der Waals surface area contributed by atoms with Gasteiger partial charge in [0, 0.05) is 13.7 Å². The van der Waals surface area contributed by atoms with Crippen molar-refractivity contribution in [3.05, 3.63) is 30.3 Å². The number of nitrogens with one attached hydrogen (secondary N) is 1. The molecule has 1 rings (SSSR count). The number of hydrogen-bond acceptors (Lipinski definition) is 3. The third kappa shape index (κ3) is 6.14. The first-order valence-electron chi connectivity index (χ1n) is 5.30. The predicted octanol–water partition coefficient (Wildman–Crippen LogP) is 1.44. The van der Waals surface area contributed by atoms with Gasteiger partial charge < -0.3 is 14.8 Å². The van der Waals surface area contributed by atoms with Gasteiger partial charge in [-0.3, -0.25) is 4.79 Å². The monoisotopic (exact) mass is 257 g/mol. The lowest BCUT2D eigenvalue weighted by Gasteiger charge is -2.10. The first kappa shape index (κ1) is 13.8. The quantitative estimate of drug-likeness (QED) is 0.752. The van der Waals surface area contributed by atoms with Crippen molar-refractivity contribution < 1.29 is 14.3 Å². The minimum atomic E-state index is -0.222. The minimum Gasteiger partial charge on any atom is -0.484 e. The number of para-hydroxylation sites is 1. The van der Waals surface area contributed by atoms with E-state index in [4.69, 9.17) is 21.1 Å². The SMILES string of the molecule is COCC(Cl)CNC(=O)COc1ccccc1. The number of methoxy groups -OCH3 is 1. The van der Waals surface area contributed by atoms with E-state index in [1.165, 1.54) is 0 Å². The standard InChI is InChI=1S/C12H16ClNO3/c1-16-8-10(13)7-14-12(15)9-17-11-5-3-2-4-6-11/h2-6,10H,7-9H2,1H3,(H,14,15). The minimum absolute atomic E-state index is 0.0133. The lowest BCUT2D eigenvalue weighted by atomic mass is 10.3. The lowest BCUT2D eigenvalue weighted by molar-refractivity contribution is -0.123. The maximum absolute atomic E-state index is 11.4. The van der Waals surface area contributed by atoms with Gasteiger partial charge in [0.2, 0.25) is 0 Å². The molecular formula is C12H16ClNO3. The fraction of sp³-hybridized carbons (Fsp3) is 0.417. The Morgan fingerprint density at radius 1 is 1.41 bits per heavy atom. The van der Waals surface area contributed by atoms with Crippen molar-refractivity contribution in [2.75, 3.05) is 26.9 Å². The smallest absolute Gasteiger partial charge is 0.257 e. The van der Waals surface area contributed by atoms with Crippen molar-refractivity contribution >= 4 is 17.5 Å². The summed E-state index contributed by atoms with van der Waals surface area (Å²) in [7, 11) is 1.57. The van der Waals surface area contributed by atoms with E-state index in [1.807, 2.05) is 18.2 Å². The van der Waals surface area contributed by atoms with Crippen LogP contribution in [-0.2, 0) is 9.53 Å². The lowest BCUT2D eigenvalue weighted by Crippen LogP contribution is -2.34. The Bertz CT molecular complexity index is 332. The molecule has 0 fully saturated rings. The van der Waals surface area contributed by atoms with Gasteiger partial charge in [0.25, 0.3) is 5.91 Å². The summed E-state index contributed by atoms with van der Waals surface area (Å²) in [6.45, 7) is 0.758. The fourth-order valence-corrected chi connectivity index (χ4v) is 1.38. The van der Waals surface area contributed by atoms with E-state index in [-0.39, 0.29) is 17.9 Å². The fourth-order valence-electron chi connectivity index (χ4n) is 1.18. The van der Waals surface area contributed by atoms with Crippen molar-refractivity contribution in [1.29, 1.82) is 0 Å². The number of carbonyl (C=O) groups is 1. The molecule has 1 aromatic carbocycles. The molecule has 0 saturated heterocycles. The van der Waals surface area contributed by atoms with Crippen LogP contribution in [0.15, 0.2) is 30.3 Å². The van der Waals surface area contributed by atoms with Crippen molar-refractivity contribution in [2.24, 2.45) is 0 Å². The summed E-state index contributed by atoms with van der Waals surface area (Å²) in [6.07, 6.45) is 0. The molecule has 94 valence electrons. The summed E-state index contributed by atoms with van der Waals surface area (Å²) in [5, 5.41) is 2.44. The van der Waals surface area contributed by atoms with E-state index in [1.54, 1.807) is 19.2 Å². The molecule has 0 aromatic heterocycles. The molecule has 0 radical (unpaired) electrons. The average molecular weight is 258 g/mol. The van der Waals surface area contributed by atoms with Gasteiger partial charge in [0.15, 0.2) is 6.61 Å². The molecule has 17 heavy (non-hydrogen) atoms. The summed E-state index contributed by atoms with van der Waals surface area (Å²) in [5.41, 5.74) is 0. The van der Waals surface area contributed by atoms with E-state index >= 15 is 0 Å². The van der Waals surface area contributed by atoms with E-state index in [0.717, 1.165) is 0 Å². The normalized spacial score (nSPS) is 11.9. The van der Waals surface area contributed by atoms with Crippen LogP contribution in [0.5, 0.6) is 5.75 Å². The Morgan fingerprint density at radius 3 is 2.76 bits per heavy atom. The molecule has 4 nitrogen and oxygen atoms in total. The third-order valence-corrected chi connectivity index (χ3v) is 2.26. The highest BCUT2D eigenvalue weighted by Crippen LogP contribution is 2.07. The van der Waals surface area contributed by atoms with Crippen molar-refractivity contribution in [1.82, 2.24) is 5.32 Å². The highest BCUT2D eigenvalue weighted by molar-refractivity contribution is 6.21. The van der Waals surface area contributed by atoms with Crippen molar-refractivity contribution in [2.45, 2.75) is 5.38 Å². The van der Waals surface area contributed by atoms with Gasteiger partial charge in [-0.25, -0.2) is 0 Å². The van der Waals surface area contributed by atoms with Gasteiger partial charge in [0.1, 0.15) is 5.75 Å². The molecule has 1 aromatic rings. The molecule has 5 heteroatoms. The van der Waals surface area contributed by atoms with Crippen LogP contribution in [0.3, 0.4) is 0 Å². The van der Waals surface area contributed by atoms with Crippen molar-refractivity contribution in [3.63, 3.8) is 0 Å². The zero-order valence-electron chi connectivity index (χ0n) is 9.69. The summed E-state index contributed by atoms with van der Waals surface area (Å²) in [4.78, 5) is 11.4. The summed E-state index contributed by atoms with van der Waals surface area (Å²) < 4.78 is 10.1.